The number of rotatable bonds is 4. The molecule has 0 radical (unpaired) electrons. The van der Waals surface area contributed by atoms with E-state index in [1.807, 2.05) is 6.92 Å². The summed E-state index contributed by atoms with van der Waals surface area (Å²) in [4.78, 5) is 11.9. The minimum Gasteiger partial charge on any atom is -0.354 e. The summed E-state index contributed by atoms with van der Waals surface area (Å²) in [6.07, 6.45) is 2.47. The first-order valence-corrected chi connectivity index (χ1v) is 6.85. The van der Waals surface area contributed by atoms with Crippen LogP contribution in [0.1, 0.15) is 47.5 Å². The maximum atomic E-state index is 11.9. The second-order valence-corrected chi connectivity index (χ2v) is 6.38. The number of nitrogens with one attached hydrogen (secondary N) is 2. The van der Waals surface area contributed by atoms with Crippen molar-refractivity contribution in [3.05, 3.63) is 0 Å². The van der Waals surface area contributed by atoms with Crippen LogP contribution in [-0.2, 0) is 4.79 Å². The fraction of sp³-hybridized carbons (Fsp3) is 0.929. The molecule has 0 aromatic heterocycles. The Balaban J connectivity index is 0.00000289. The van der Waals surface area contributed by atoms with Crippen LogP contribution in [0.2, 0.25) is 0 Å². The number of halogens is 1. The normalized spacial score (nSPS) is 24.2. The van der Waals surface area contributed by atoms with Crippen molar-refractivity contribution in [3.63, 3.8) is 0 Å². The van der Waals surface area contributed by atoms with Crippen LogP contribution in [0.3, 0.4) is 0 Å². The SMILES string of the molecule is CC(C)C(C)C(=O)NCC1NCCCC1(C)C.Cl. The van der Waals surface area contributed by atoms with E-state index in [9.17, 15) is 4.79 Å². The monoisotopic (exact) mass is 276 g/mol. The van der Waals surface area contributed by atoms with Crippen LogP contribution in [-0.4, -0.2) is 25.0 Å². The molecular formula is C14H29ClN2O. The summed E-state index contributed by atoms with van der Waals surface area (Å²) in [6.45, 7) is 12.6. The first kappa shape index (κ1) is 17.7. The van der Waals surface area contributed by atoms with Gasteiger partial charge in [-0.25, -0.2) is 0 Å². The van der Waals surface area contributed by atoms with E-state index in [4.69, 9.17) is 0 Å². The van der Waals surface area contributed by atoms with Gasteiger partial charge in [-0.15, -0.1) is 12.4 Å². The Labute approximate surface area is 118 Å². The summed E-state index contributed by atoms with van der Waals surface area (Å²) in [5.41, 5.74) is 0.284. The number of piperidine rings is 1. The molecule has 1 aliphatic heterocycles. The molecule has 0 aromatic rings. The highest BCUT2D eigenvalue weighted by molar-refractivity contribution is 5.85. The van der Waals surface area contributed by atoms with Gasteiger partial charge in [0, 0.05) is 18.5 Å². The van der Waals surface area contributed by atoms with Crippen molar-refractivity contribution in [2.45, 2.75) is 53.5 Å². The molecule has 0 bridgehead atoms. The second-order valence-electron chi connectivity index (χ2n) is 6.38. The van der Waals surface area contributed by atoms with Gasteiger partial charge in [0.1, 0.15) is 0 Å². The standard InChI is InChI=1S/C14H28N2O.ClH/c1-10(2)11(3)13(17)16-9-12-14(4,5)7-6-8-15-12;/h10-12,15H,6-9H2,1-5H3,(H,16,17);1H. The molecule has 2 unspecified atom stereocenters. The van der Waals surface area contributed by atoms with Crippen molar-refractivity contribution in [2.75, 3.05) is 13.1 Å². The molecule has 1 amide bonds. The zero-order chi connectivity index (χ0) is 13.1. The Morgan fingerprint density at radius 1 is 1.39 bits per heavy atom. The molecule has 0 aromatic carbocycles. The van der Waals surface area contributed by atoms with E-state index >= 15 is 0 Å². The third-order valence-corrected chi connectivity index (χ3v) is 4.23. The molecule has 2 N–H and O–H groups in total. The van der Waals surface area contributed by atoms with Gasteiger partial charge in [0.15, 0.2) is 0 Å². The zero-order valence-electron chi connectivity index (χ0n) is 12.4. The molecule has 3 nitrogen and oxygen atoms in total. The Morgan fingerprint density at radius 2 is 2.00 bits per heavy atom. The van der Waals surface area contributed by atoms with E-state index in [0.717, 1.165) is 13.1 Å². The molecule has 1 rings (SSSR count). The molecule has 1 saturated heterocycles. The summed E-state index contributed by atoms with van der Waals surface area (Å²) in [5.74, 6) is 0.687. The lowest BCUT2D eigenvalue weighted by Crippen LogP contribution is -2.53. The smallest absolute Gasteiger partial charge is 0.223 e. The lowest BCUT2D eigenvalue weighted by Gasteiger charge is -2.39. The summed E-state index contributed by atoms with van der Waals surface area (Å²) in [5, 5.41) is 6.61. The number of carbonyl (C=O) groups is 1. The van der Waals surface area contributed by atoms with E-state index in [1.165, 1.54) is 12.8 Å². The predicted molar refractivity (Wildman–Crippen MR) is 79.1 cm³/mol. The van der Waals surface area contributed by atoms with Crippen LogP contribution < -0.4 is 10.6 Å². The third-order valence-electron chi connectivity index (χ3n) is 4.23. The van der Waals surface area contributed by atoms with Crippen LogP contribution in [0.15, 0.2) is 0 Å². The summed E-state index contributed by atoms with van der Waals surface area (Å²) in [7, 11) is 0. The number of hydrogen-bond acceptors (Lipinski definition) is 2. The lowest BCUT2D eigenvalue weighted by molar-refractivity contribution is -0.125. The topological polar surface area (TPSA) is 41.1 Å². The van der Waals surface area contributed by atoms with Gasteiger partial charge in [-0.3, -0.25) is 4.79 Å². The zero-order valence-corrected chi connectivity index (χ0v) is 13.2. The molecule has 1 aliphatic rings. The van der Waals surface area contributed by atoms with Crippen molar-refractivity contribution in [2.24, 2.45) is 17.3 Å². The molecule has 0 saturated carbocycles. The first-order valence-electron chi connectivity index (χ1n) is 6.85. The van der Waals surface area contributed by atoms with Crippen molar-refractivity contribution in [3.8, 4) is 0 Å². The molecule has 0 spiro atoms. The van der Waals surface area contributed by atoms with Gasteiger partial charge < -0.3 is 10.6 Å². The minimum absolute atomic E-state index is 0. The van der Waals surface area contributed by atoms with E-state index in [1.54, 1.807) is 0 Å². The van der Waals surface area contributed by atoms with Crippen LogP contribution in [0, 0.1) is 17.3 Å². The van der Waals surface area contributed by atoms with Gasteiger partial charge in [0.2, 0.25) is 5.91 Å². The molecule has 108 valence electrons. The Hall–Kier alpha value is -0.280. The van der Waals surface area contributed by atoms with Crippen molar-refractivity contribution in [1.82, 2.24) is 10.6 Å². The first-order chi connectivity index (χ1) is 7.84. The fourth-order valence-corrected chi connectivity index (χ4v) is 2.29. The number of amides is 1. The maximum absolute atomic E-state index is 11.9. The average molecular weight is 277 g/mol. The van der Waals surface area contributed by atoms with Crippen LogP contribution in [0.4, 0.5) is 0 Å². The molecular weight excluding hydrogens is 248 g/mol. The Morgan fingerprint density at radius 3 is 2.50 bits per heavy atom. The highest BCUT2D eigenvalue weighted by Crippen LogP contribution is 2.29. The summed E-state index contributed by atoms with van der Waals surface area (Å²) < 4.78 is 0. The van der Waals surface area contributed by atoms with Crippen LogP contribution in [0.5, 0.6) is 0 Å². The fourth-order valence-electron chi connectivity index (χ4n) is 2.29. The number of carbonyl (C=O) groups excluding carboxylic acids is 1. The second kappa shape index (κ2) is 7.34. The van der Waals surface area contributed by atoms with Gasteiger partial charge in [0.05, 0.1) is 0 Å². The highest BCUT2D eigenvalue weighted by Gasteiger charge is 2.32. The van der Waals surface area contributed by atoms with Gasteiger partial charge in [0.25, 0.3) is 0 Å². The molecule has 18 heavy (non-hydrogen) atoms. The van der Waals surface area contributed by atoms with Gasteiger partial charge in [-0.2, -0.15) is 0 Å². The Kier molecular flexibility index (Phi) is 7.23. The van der Waals surface area contributed by atoms with E-state index < -0.39 is 0 Å². The third kappa shape index (κ3) is 4.77. The molecule has 1 fully saturated rings. The maximum Gasteiger partial charge on any atom is 0.223 e. The van der Waals surface area contributed by atoms with Crippen molar-refractivity contribution < 1.29 is 4.79 Å². The summed E-state index contributed by atoms with van der Waals surface area (Å²) >= 11 is 0. The van der Waals surface area contributed by atoms with Crippen LogP contribution in [0.25, 0.3) is 0 Å². The lowest BCUT2D eigenvalue weighted by atomic mass is 9.77. The van der Waals surface area contributed by atoms with E-state index in [0.29, 0.717) is 12.0 Å². The van der Waals surface area contributed by atoms with Crippen LogP contribution >= 0.6 is 12.4 Å². The molecule has 2 atom stereocenters. The van der Waals surface area contributed by atoms with Crippen molar-refractivity contribution in [1.29, 1.82) is 0 Å². The minimum atomic E-state index is 0. The van der Waals surface area contributed by atoms with E-state index in [2.05, 4.69) is 38.3 Å². The molecule has 1 heterocycles. The quantitative estimate of drug-likeness (QED) is 0.829. The molecule has 0 aliphatic carbocycles. The summed E-state index contributed by atoms with van der Waals surface area (Å²) in [6, 6.07) is 0.402. The largest absolute Gasteiger partial charge is 0.354 e. The molecule has 4 heteroatoms. The van der Waals surface area contributed by atoms with Crippen molar-refractivity contribution >= 4 is 18.3 Å². The van der Waals surface area contributed by atoms with E-state index in [-0.39, 0.29) is 29.6 Å². The Bertz CT molecular complexity index is 267. The van der Waals surface area contributed by atoms with Gasteiger partial charge >= 0.3 is 0 Å². The van der Waals surface area contributed by atoms with Gasteiger partial charge in [-0.1, -0.05) is 34.6 Å². The number of hydrogen-bond donors (Lipinski definition) is 2. The highest BCUT2D eigenvalue weighted by atomic mass is 35.5. The predicted octanol–water partition coefficient (Wildman–Crippen LogP) is 2.59. The van der Waals surface area contributed by atoms with Gasteiger partial charge in [-0.05, 0) is 30.7 Å². The average Bonchev–Trinajstić information content (AvgIpc) is 2.25.